The highest BCUT2D eigenvalue weighted by atomic mass is 35.5. The zero-order valence-electron chi connectivity index (χ0n) is 15.7. The molecule has 0 atom stereocenters. The molecule has 0 bridgehead atoms. The number of anilines is 1. The Morgan fingerprint density at radius 3 is 2.72 bits per heavy atom. The number of imidazole rings is 1. The minimum atomic E-state index is -3.74. The van der Waals surface area contributed by atoms with Crippen LogP contribution in [0.5, 0.6) is 0 Å². The fraction of sp³-hybridized carbons (Fsp3) is 0.200. The predicted octanol–water partition coefficient (Wildman–Crippen LogP) is 4.74. The lowest BCUT2D eigenvalue weighted by Gasteiger charge is -2.21. The summed E-state index contributed by atoms with van der Waals surface area (Å²) in [6.45, 7) is 2.89. The Labute approximate surface area is 178 Å². The van der Waals surface area contributed by atoms with Gasteiger partial charge >= 0.3 is 0 Å². The molecule has 0 radical (unpaired) electrons. The summed E-state index contributed by atoms with van der Waals surface area (Å²) < 4.78 is 31.0. The van der Waals surface area contributed by atoms with Gasteiger partial charge in [0.15, 0.2) is 0 Å². The first-order chi connectivity index (χ1) is 13.9. The summed E-state index contributed by atoms with van der Waals surface area (Å²) >= 11 is 7.51. The number of hydrogen-bond acceptors (Lipinski definition) is 5. The second-order valence-corrected chi connectivity index (χ2v) is 9.92. The minimum absolute atomic E-state index is 0.247. The number of hydrogen-bond donors (Lipinski definition) is 0. The number of rotatable bonds is 7. The molecule has 0 aliphatic carbocycles. The van der Waals surface area contributed by atoms with E-state index in [-0.39, 0.29) is 4.90 Å². The molecule has 0 amide bonds. The lowest BCUT2D eigenvalue weighted by atomic mass is 10.2. The third-order valence-corrected chi connectivity index (χ3v) is 7.68. The molecule has 0 aliphatic heterocycles. The molecule has 0 spiro atoms. The largest absolute Gasteiger partial charge is 0.337 e. The molecule has 6 nitrogen and oxygen atoms in total. The predicted molar refractivity (Wildman–Crippen MR) is 117 cm³/mol. The molecule has 2 heterocycles. The van der Waals surface area contributed by atoms with Gasteiger partial charge in [0, 0.05) is 30.5 Å². The Balaban J connectivity index is 1.72. The second-order valence-electron chi connectivity index (χ2n) is 6.61. The lowest BCUT2D eigenvalue weighted by Crippen LogP contribution is -2.32. The zero-order chi connectivity index (χ0) is 20.4. The quantitative estimate of drug-likeness (QED) is 0.411. The van der Waals surface area contributed by atoms with E-state index in [1.54, 1.807) is 42.9 Å². The van der Waals surface area contributed by atoms with E-state index in [0.29, 0.717) is 29.7 Å². The first kappa shape index (κ1) is 19.9. The van der Waals surface area contributed by atoms with Crippen molar-refractivity contribution in [1.82, 2.24) is 14.5 Å². The van der Waals surface area contributed by atoms with Crippen molar-refractivity contribution in [2.75, 3.05) is 10.8 Å². The first-order valence-electron chi connectivity index (χ1n) is 9.05. The van der Waals surface area contributed by atoms with Gasteiger partial charge in [-0.15, -0.1) is 0 Å². The Hall–Kier alpha value is -2.42. The number of sulfonamides is 1. The van der Waals surface area contributed by atoms with Crippen molar-refractivity contribution in [2.24, 2.45) is 0 Å². The van der Waals surface area contributed by atoms with Gasteiger partial charge in [0.1, 0.15) is 0 Å². The summed E-state index contributed by atoms with van der Waals surface area (Å²) in [4.78, 5) is 8.93. The van der Waals surface area contributed by atoms with E-state index >= 15 is 0 Å². The maximum Gasteiger partial charge on any atom is 0.266 e. The van der Waals surface area contributed by atoms with Crippen LogP contribution in [0.1, 0.15) is 12.0 Å². The van der Waals surface area contributed by atoms with Crippen molar-refractivity contribution in [3.63, 3.8) is 0 Å². The third kappa shape index (κ3) is 4.14. The third-order valence-electron chi connectivity index (χ3n) is 4.52. The van der Waals surface area contributed by atoms with Crippen LogP contribution >= 0.6 is 22.9 Å². The highest BCUT2D eigenvalue weighted by molar-refractivity contribution is 7.93. The molecule has 29 heavy (non-hydrogen) atoms. The summed E-state index contributed by atoms with van der Waals surface area (Å²) in [5.74, 6) is 0. The van der Waals surface area contributed by atoms with E-state index in [9.17, 15) is 8.42 Å². The zero-order valence-corrected chi connectivity index (χ0v) is 18.1. The average Bonchev–Trinajstić information content (AvgIpc) is 3.35. The monoisotopic (exact) mass is 446 g/mol. The Kier molecular flexibility index (Phi) is 5.58. The molecule has 9 heteroatoms. The van der Waals surface area contributed by atoms with Crippen molar-refractivity contribution in [3.05, 3.63) is 71.8 Å². The molecule has 0 unspecified atom stereocenters. The fourth-order valence-electron chi connectivity index (χ4n) is 3.10. The van der Waals surface area contributed by atoms with Crippen LogP contribution in [-0.2, 0) is 16.6 Å². The van der Waals surface area contributed by atoms with Crippen molar-refractivity contribution in [1.29, 1.82) is 0 Å². The van der Waals surface area contributed by atoms with Crippen LogP contribution in [0.4, 0.5) is 5.13 Å². The fourth-order valence-corrected chi connectivity index (χ4v) is 6.23. The van der Waals surface area contributed by atoms with Gasteiger partial charge < -0.3 is 4.57 Å². The molecule has 0 saturated heterocycles. The van der Waals surface area contributed by atoms with Gasteiger partial charge in [-0.3, -0.25) is 0 Å². The SMILES string of the molecule is Cc1cc(Cl)cc2sc(N(CCCn3ccnc3)S(=O)(=O)c3ccccc3)nc12. The molecule has 4 aromatic rings. The van der Waals surface area contributed by atoms with Crippen LogP contribution in [0.2, 0.25) is 5.02 Å². The van der Waals surface area contributed by atoms with E-state index < -0.39 is 10.0 Å². The van der Waals surface area contributed by atoms with Crippen molar-refractivity contribution >= 4 is 48.3 Å². The Morgan fingerprint density at radius 1 is 1.21 bits per heavy atom. The number of thiazole rings is 1. The Morgan fingerprint density at radius 2 is 2.00 bits per heavy atom. The maximum atomic E-state index is 13.4. The van der Waals surface area contributed by atoms with Crippen LogP contribution in [0, 0.1) is 6.92 Å². The van der Waals surface area contributed by atoms with E-state index in [0.717, 1.165) is 15.8 Å². The molecule has 0 saturated carbocycles. The minimum Gasteiger partial charge on any atom is -0.337 e. The molecule has 4 rings (SSSR count). The van der Waals surface area contributed by atoms with Gasteiger partial charge in [-0.25, -0.2) is 22.7 Å². The van der Waals surface area contributed by atoms with Gasteiger partial charge in [0.25, 0.3) is 10.0 Å². The summed E-state index contributed by atoms with van der Waals surface area (Å²) in [6, 6.07) is 12.1. The molecule has 0 aliphatic rings. The first-order valence-corrected chi connectivity index (χ1v) is 11.7. The number of halogens is 1. The van der Waals surface area contributed by atoms with Gasteiger partial charge in [-0.05, 0) is 43.2 Å². The van der Waals surface area contributed by atoms with Crippen molar-refractivity contribution in [3.8, 4) is 0 Å². The summed E-state index contributed by atoms with van der Waals surface area (Å²) in [5.41, 5.74) is 1.70. The number of fused-ring (bicyclic) bond motifs is 1. The van der Waals surface area contributed by atoms with Gasteiger partial charge in [0.2, 0.25) is 5.13 Å². The normalized spacial score (nSPS) is 11.8. The molecular weight excluding hydrogens is 428 g/mol. The highest BCUT2D eigenvalue weighted by Crippen LogP contribution is 2.35. The molecule has 0 N–H and O–H groups in total. The van der Waals surface area contributed by atoms with Gasteiger partial charge in [0.05, 0.1) is 21.4 Å². The van der Waals surface area contributed by atoms with E-state index in [2.05, 4.69) is 9.97 Å². The second kappa shape index (κ2) is 8.14. The maximum absolute atomic E-state index is 13.4. The summed E-state index contributed by atoms with van der Waals surface area (Å²) in [5, 5.41) is 1.06. The van der Waals surface area contributed by atoms with E-state index in [1.165, 1.54) is 15.6 Å². The van der Waals surface area contributed by atoms with Gasteiger partial charge in [-0.2, -0.15) is 0 Å². The Bertz CT molecular complexity index is 1220. The van der Waals surface area contributed by atoms with Crippen LogP contribution in [0.25, 0.3) is 10.2 Å². The van der Waals surface area contributed by atoms with E-state index in [1.807, 2.05) is 29.8 Å². The molecule has 2 aromatic carbocycles. The van der Waals surface area contributed by atoms with Crippen LogP contribution in [0.15, 0.2) is 66.1 Å². The van der Waals surface area contributed by atoms with Crippen molar-refractivity contribution < 1.29 is 8.42 Å². The molecule has 2 aromatic heterocycles. The van der Waals surface area contributed by atoms with Crippen LogP contribution in [0.3, 0.4) is 0 Å². The molecule has 150 valence electrons. The molecular formula is C20H19ClN4O2S2. The number of aryl methyl sites for hydroxylation is 2. The average molecular weight is 447 g/mol. The van der Waals surface area contributed by atoms with Crippen LogP contribution in [-0.4, -0.2) is 29.5 Å². The summed E-state index contributed by atoms with van der Waals surface area (Å²) in [6.07, 6.45) is 5.91. The van der Waals surface area contributed by atoms with Crippen LogP contribution < -0.4 is 4.31 Å². The number of aromatic nitrogens is 3. The highest BCUT2D eigenvalue weighted by Gasteiger charge is 2.27. The summed E-state index contributed by atoms with van der Waals surface area (Å²) in [7, 11) is -3.74. The van der Waals surface area contributed by atoms with Crippen molar-refractivity contribution in [2.45, 2.75) is 24.8 Å². The lowest BCUT2D eigenvalue weighted by molar-refractivity contribution is 0.583. The molecule has 0 fully saturated rings. The topological polar surface area (TPSA) is 68.1 Å². The number of benzene rings is 2. The smallest absolute Gasteiger partial charge is 0.266 e. The number of nitrogens with zero attached hydrogens (tertiary/aromatic N) is 4. The standard InChI is InChI=1S/C20H19ClN4O2S2/c1-15-12-16(21)13-18-19(15)23-20(28-18)25(10-5-9-24-11-8-22-14-24)29(26,27)17-6-3-2-4-7-17/h2-4,6-8,11-14H,5,9-10H2,1H3. The van der Waals surface area contributed by atoms with E-state index in [4.69, 9.17) is 11.6 Å². The van der Waals surface area contributed by atoms with Gasteiger partial charge in [-0.1, -0.05) is 41.1 Å².